The van der Waals surface area contributed by atoms with Gasteiger partial charge in [0.2, 0.25) is 5.91 Å². The van der Waals surface area contributed by atoms with Crippen molar-refractivity contribution in [2.45, 2.75) is 23.8 Å². The Hall–Kier alpha value is -1.88. The Labute approximate surface area is 131 Å². The lowest BCUT2D eigenvalue weighted by atomic mass is 10.0. The predicted molar refractivity (Wildman–Crippen MR) is 82.7 cm³/mol. The first-order chi connectivity index (χ1) is 10.6. The minimum Gasteiger partial charge on any atom is -0.349 e. The van der Waals surface area contributed by atoms with E-state index >= 15 is 0 Å². The molecule has 3 rings (SSSR count). The van der Waals surface area contributed by atoms with Crippen LogP contribution in [0, 0.1) is 11.6 Å². The highest BCUT2D eigenvalue weighted by Crippen LogP contribution is 2.36. The molecule has 0 aliphatic carbocycles. The van der Waals surface area contributed by atoms with Crippen LogP contribution in [-0.2, 0) is 11.2 Å². The van der Waals surface area contributed by atoms with Crippen LogP contribution in [-0.4, -0.2) is 11.7 Å². The topological polar surface area (TPSA) is 29.1 Å². The van der Waals surface area contributed by atoms with E-state index in [0.29, 0.717) is 5.56 Å². The molecule has 2 aromatic carbocycles. The van der Waals surface area contributed by atoms with Crippen LogP contribution in [0.1, 0.15) is 23.6 Å². The predicted octanol–water partition coefficient (Wildman–Crippen LogP) is 3.86. The third-order valence-electron chi connectivity index (χ3n) is 3.60. The Kier molecular flexibility index (Phi) is 4.43. The zero-order valence-electron chi connectivity index (χ0n) is 11.8. The summed E-state index contributed by atoms with van der Waals surface area (Å²) in [5, 5.41) is 2.93. The highest BCUT2D eigenvalue weighted by atomic mass is 32.2. The van der Waals surface area contributed by atoms with Crippen molar-refractivity contribution in [2.75, 3.05) is 5.75 Å². The van der Waals surface area contributed by atoms with Crippen molar-refractivity contribution in [3.63, 3.8) is 0 Å². The molecule has 1 atom stereocenters. The summed E-state index contributed by atoms with van der Waals surface area (Å²) in [6.45, 7) is 0. The minimum atomic E-state index is -0.355. The van der Waals surface area contributed by atoms with Crippen LogP contribution in [0.25, 0.3) is 0 Å². The minimum absolute atomic E-state index is 0.117. The number of amides is 1. The summed E-state index contributed by atoms with van der Waals surface area (Å²) in [6.07, 6.45) is 0.877. The molecule has 114 valence electrons. The second-order valence-corrected chi connectivity index (χ2v) is 6.38. The van der Waals surface area contributed by atoms with E-state index in [1.54, 1.807) is 30.0 Å². The van der Waals surface area contributed by atoms with Crippen molar-refractivity contribution in [1.82, 2.24) is 5.32 Å². The van der Waals surface area contributed by atoms with E-state index in [2.05, 4.69) is 5.32 Å². The molecule has 0 spiro atoms. The van der Waals surface area contributed by atoms with Gasteiger partial charge in [-0.25, -0.2) is 8.78 Å². The fraction of sp³-hybridized carbons (Fsp3) is 0.235. The number of benzene rings is 2. The molecular formula is C17H15F2NOS. The number of halogens is 2. The van der Waals surface area contributed by atoms with Gasteiger partial charge in [-0.2, -0.15) is 0 Å². The molecule has 22 heavy (non-hydrogen) atoms. The van der Waals surface area contributed by atoms with E-state index in [-0.39, 0.29) is 30.0 Å². The van der Waals surface area contributed by atoms with E-state index < -0.39 is 0 Å². The summed E-state index contributed by atoms with van der Waals surface area (Å²) in [5.41, 5.74) is 1.45. The standard InChI is InChI=1S/C17H15F2NOS/c18-12-3-1-2-11(8-12)9-17(21)20-15-6-7-22-16-5-4-13(19)10-14(15)16/h1-5,8,10,15H,6-7,9H2,(H,20,21). The van der Waals surface area contributed by atoms with Gasteiger partial charge in [0.25, 0.3) is 0 Å². The van der Waals surface area contributed by atoms with E-state index in [4.69, 9.17) is 0 Å². The summed E-state index contributed by atoms with van der Waals surface area (Å²) < 4.78 is 26.6. The number of fused-ring (bicyclic) bond motifs is 1. The first kappa shape index (κ1) is 15.0. The smallest absolute Gasteiger partial charge is 0.224 e. The molecule has 0 saturated carbocycles. The lowest BCUT2D eigenvalue weighted by Gasteiger charge is -2.26. The van der Waals surface area contributed by atoms with Crippen LogP contribution < -0.4 is 5.32 Å². The molecule has 1 amide bonds. The summed E-state index contributed by atoms with van der Waals surface area (Å²) in [7, 11) is 0. The van der Waals surface area contributed by atoms with Crippen molar-refractivity contribution < 1.29 is 13.6 Å². The fourth-order valence-electron chi connectivity index (χ4n) is 2.59. The maximum atomic E-state index is 13.4. The van der Waals surface area contributed by atoms with Crippen LogP contribution >= 0.6 is 11.8 Å². The summed E-state index contributed by atoms with van der Waals surface area (Å²) in [4.78, 5) is 13.2. The van der Waals surface area contributed by atoms with Gasteiger partial charge >= 0.3 is 0 Å². The number of rotatable bonds is 3. The molecule has 2 aromatic rings. The van der Waals surface area contributed by atoms with Crippen molar-refractivity contribution in [1.29, 1.82) is 0 Å². The van der Waals surface area contributed by atoms with Gasteiger partial charge in [0.1, 0.15) is 11.6 Å². The first-order valence-corrected chi connectivity index (χ1v) is 8.06. The summed E-state index contributed by atoms with van der Waals surface area (Å²) >= 11 is 1.67. The second-order valence-electron chi connectivity index (χ2n) is 5.25. The van der Waals surface area contributed by atoms with Crippen molar-refractivity contribution in [3.05, 3.63) is 65.2 Å². The van der Waals surface area contributed by atoms with Gasteiger partial charge < -0.3 is 5.32 Å². The molecule has 5 heteroatoms. The summed E-state index contributed by atoms with van der Waals surface area (Å²) in [6, 6.07) is 10.5. The lowest BCUT2D eigenvalue weighted by Crippen LogP contribution is -2.31. The van der Waals surface area contributed by atoms with Crippen LogP contribution in [0.5, 0.6) is 0 Å². The number of carbonyl (C=O) groups excluding carboxylic acids is 1. The van der Waals surface area contributed by atoms with Crippen molar-refractivity contribution in [3.8, 4) is 0 Å². The van der Waals surface area contributed by atoms with Gasteiger partial charge in [-0.1, -0.05) is 12.1 Å². The van der Waals surface area contributed by atoms with Crippen LogP contribution in [0.4, 0.5) is 8.78 Å². The van der Waals surface area contributed by atoms with Crippen LogP contribution in [0.15, 0.2) is 47.4 Å². The van der Waals surface area contributed by atoms with Gasteiger partial charge in [-0.15, -0.1) is 11.8 Å². The SMILES string of the molecule is O=C(Cc1cccc(F)c1)NC1CCSc2ccc(F)cc21. The quantitative estimate of drug-likeness (QED) is 0.931. The molecule has 0 saturated heterocycles. The van der Waals surface area contributed by atoms with E-state index in [9.17, 15) is 13.6 Å². The monoisotopic (exact) mass is 319 g/mol. The molecule has 0 bridgehead atoms. The molecule has 0 radical (unpaired) electrons. The molecule has 1 aliphatic heterocycles. The van der Waals surface area contributed by atoms with E-state index in [1.807, 2.05) is 0 Å². The largest absolute Gasteiger partial charge is 0.349 e. The molecule has 1 unspecified atom stereocenters. The molecular weight excluding hydrogens is 304 g/mol. The molecule has 1 N–H and O–H groups in total. The number of carbonyl (C=O) groups is 1. The average Bonchev–Trinajstić information content (AvgIpc) is 2.48. The van der Waals surface area contributed by atoms with E-state index in [1.165, 1.54) is 24.3 Å². The number of hydrogen-bond acceptors (Lipinski definition) is 2. The third kappa shape index (κ3) is 3.47. The van der Waals surface area contributed by atoms with Gasteiger partial charge in [0.05, 0.1) is 12.5 Å². The van der Waals surface area contributed by atoms with Crippen LogP contribution in [0.3, 0.4) is 0 Å². The Morgan fingerprint density at radius 3 is 2.82 bits per heavy atom. The fourth-order valence-corrected chi connectivity index (χ4v) is 3.70. The number of hydrogen-bond donors (Lipinski definition) is 1. The average molecular weight is 319 g/mol. The Morgan fingerprint density at radius 1 is 1.18 bits per heavy atom. The number of thioether (sulfide) groups is 1. The highest BCUT2D eigenvalue weighted by Gasteiger charge is 2.22. The van der Waals surface area contributed by atoms with Gasteiger partial charge in [-0.3, -0.25) is 4.79 Å². The first-order valence-electron chi connectivity index (χ1n) is 7.08. The van der Waals surface area contributed by atoms with Crippen LogP contribution in [0.2, 0.25) is 0 Å². The Bertz CT molecular complexity index is 705. The van der Waals surface area contributed by atoms with Crippen molar-refractivity contribution >= 4 is 17.7 Å². The molecule has 0 fully saturated rings. The highest BCUT2D eigenvalue weighted by molar-refractivity contribution is 7.99. The number of nitrogens with one attached hydrogen (secondary N) is 1. The molecule has 1 aliphatic rings. The maximum absolute atomic E-state index is 13.4. The van der Waals surface area contributed by atoms with E-state index in [0.717, 1.165) is 22.6 Å². The zero-order chi connectivity index (χ0) is 15.5. The molecule has 1 heterocycles. The second kappa shape index (κ2) is 6.48. The van der Waals surface area contributed by atoms with Gasteiger partial charge in [0, 0.05) is 10.6 Å². The van der Waals surface area contributed by atoms with Gasteiger partial charge in [0.15, 0.2) is 0 Å². The Balaban J connectivity index is 1.71. The van der Waals surface area contributed by atoms with Crippen molar-refractivity contribution in [2.24, 2.45) is 0 Å². The Morgan fingerprint density at radius 2 is 2.00 bits per heavy atom. The summed E-state index contributed by atoms with van der Waals surface area (Å²) in [5.74, 6) is 0.0407. The van der Waals surface area contributed by atoms with Gasteiger partial charge in [-0.05, 0) is 47.9 Å². The third-order valence-corrected chi connectivity index (χ3v) is 4.72. The molecule has 2 nitrogen and oxygen atoms in total. The normalized spacial score (nSPS) is 16.9. The lowest BCUT2D eigenvalue weighted by molar-refractivity contribution is -0.121. The zero-order valence-corrected chi connectivity index (χ0v) is 12.6. The maximum Gasteiger partial charge on any atom is 0.224 e. The molecule has 0 aromatic heterocycles.